The SMILES string of the molecule is CO[C@@]12CC[C@H](O)[C@@H](C#C[C@@H](COc3ccccc3)O[Si](C)(C)C(C)(C)C)[C@@H]1CC21OCCO1. The Bertz CT molecular complexity index is 895. The lowest BCUT2D eigenvalue weighted by molar-refractivity contribution is -0.381. The van der Waals surface area contributed by atoms with Gasteiger partial charge in [0, 0.05) is 19.4 Å². The van der Waals surface area contributed by atoms with Gasteiger partial charge in [0.25, 0.3) is 0 Å². The molecule has 0 unspecified atom stereocenters. The minimum atomic E-state index is -2.08. The van der Waals surface area contributed by atoms with Crippen molar-refractivity contribution in [2.24, 2.45) is 11.8 Å². The van der Waals surface area contributed by atoms with E-state index < -0.39 is 25.8 Å². The van der Waals surface area contributed by atoms with E-state index >= 15 is 0 Å². The van der Waals surface area contributed by atoms with Gasteiger partial charge in [-0.15, -0.1) is 0 Å². The Kier molecular flexibility index (Phi) is 7.23. The summed E-state index contributed by atoms with van der Waals surface area (Å²) < 4.78 is 30.8. The second kappa shape index (κ2) is 9.57. The molecule has 2 saturated carbocycles. The van der Waals surface area contributed by atoms with Gasteiger partial charge in [0.1, 0.15) is 24.1 Å². The highest BCUT2D eigenvalue weighted by atomic mass is 28.4. The van der Waals surface area contributed by atoms with Crippen molar-refractivity contribution < 1.29 is 28.5 Å². The van der Waals surface area contributed by atoms with Gasteiger partial charge in [-0.3, -0.25) is 0 Å². The smallest absolute Gasteiger partial charge is 0.198 e. The van der Waals surface area contributed by atoms with Crippen molar-refractivity contribution in [3.63, 3.8) is 0 Å². The summed E-state index contributed by atoms with van der Waals surface area (Å²) in [4.78, 5) is 0. The van der Waals surface area contributed by atoms with Crippen LogP contribution in [0.25, 0.3) is 0 Å². The second-order valence-corrected chi connectivity index (χ2v) is 16.0. The number of para-hydroxylation sites is 1. The normalized spacial score (nSPS) is 31.2. The van der Waals surface area contributed by atoms with Crippen LogP contribution in [0.3, 0.4) is 0 Å². The maximum absolute atomic E-state index is 10.9. The summed E-state index contributed by atoms with van der Waals surface area (Å²) in [5.41, 5.74) is -0.557. The van der Waals surface area contributed by atoms with E-state index in [1.807, 2.05) is 30.3 Å². The first-order valence-corrected chi connectivity index (χ1v) is 15.3. The summed E-state index contributed by atoms with van der Waals surface area (Å²) in [6.07, 6.45) is 1.09. The summed E-state index contributed by atoms with van der Waals surface area (Å²) in [5, 5.41) is 11.0. The largest absolute Gasteiger partial charge is 0.490 e. The maximum Gasteiger partial charge on any atom is 0.198 e. The first kappa shape index (κ1) is 25.7. The van der Waals surface area contributed by atoms with Gasteiger partial charge < -0.3 is 28.5 Å². The lowest BCUT2D eigenvalue weighted by atomic mass is 9.52. The van der Waals surface area contributed by atoms with Crippen molar-refractivity contribution in [2.75, 3.05) is 26.9 Å². The van der Waals surface area contributed by atoms with Crippen LogP contribution in [-0.2, 0) is 18.6 Å². The van der Waals surface area contributed by atoms with Crippen LogP contribution in [0.2, 0.25) is 18.1 Å². The fourth-order valence-corrected chi connectivity index (χ4v) is 6.51. The molecule has 1 aliphatic heterocycles. The highest BCUT2D eigenvalue weighted by Gasteiger charge is 2.73. The Morgan fingerprint density at radius 2 is 1.85 bits per heavy atom. The zero-order valence-corrected chi connectivity index (χ0v) is 22.4. The topological polar surface area (TPSA) is 66.4 Å². The molecule has 1 saturated heterocycles. The number of aliphatic hydroxyl groups excluding tert-OH is 1. The van der Waals surface area contributed by atoms with Crippen molar-refractivity contribution >= 4 is 8.32 Å². The van der Waals surface area contributed by atoms with Gasteiger partial charge in [0.05, 0.1) is 25.2 Å². The molecule has 1 heterocycles. The monoisotopic (exact) mass is 488 g/mol. The van der Waals surface area contributed by atoms with E-state index in [9.17, 15) is 5.11 Å². The number of rotatable bonds is 6. The number of aliphatic hydroxyl groups is 1. The van der Waals surface area contributed by atoms with Crippen molar-refractivity contribution in [1.82, 2.24) is 0 Å². The van der Waals surface area contributed by atoms with E-state index in [2.05, 4.69) is 45.7 Å². The van der Waals surface area contributed by atoms with Gasteiger partial charge in [-0.25, -0.2) is 0 Å². The molecule has 1 N–H and O–H groups in total. The fraction of sp³-hybridized carbons (Fsp3) is 0.704. The van der Waals surface area contributed by atoms with E-state index in [1.54, 1.807) is 7.11 Å². The van der Waals surface area contributed by atoms with Crippen LogP contribution >= 0.6 is 0 Å². The van der Waals surface area contributed by atoms with Crippen LogP contribution < -0.4 is 4.74 Å². The average molecular weight is 489 g/mol. The predicted molar refractivity (Wildman–Crippen MR) is 133 cm³/mol. The minimum absolute atomic E-state index is 0.0484. The number of ether oxygens (including phenoxy) is 4. The molecule has 0 radical (unpaired) electrons. The molecule has 1 aromatic carbocycles. The lowest BCUT2D eigenvalue weighted by Crippen LogP contribution is -2.74. The maximum atomic E-state index is 10.9. The molecule has 0 amide bonds. The molecule has 2 aliphatic carbocycles. The Balaban J connectivity index is 1.55. The van der Waals surface area contributed by atoms with Crippen LogP contribution in [0.5, 0.6) is 5.75 Å². The molecule has 7 heteroatoms. The summed E-state index contributed by atoms with van der Waals surface area (Å²) in [6.45, 7) is 12.6. The molecule has 4 rings (SSSR count). The van der Waals surface area contributed by atoms with Gasteiger partial charge >= 0.3 is 0 Å². The van der Waals surface area contributed by atoms with Crippen molar-refractivity contribution in [3.8, 4) is 17.6 Å². The van der Waals surface area contributed by atoms with Gasteiger partial charge in [-0.1, -0.05) is 50.8 Å². The summed E-state index contributed by atoms with van der Waals surface area (Å²) in [6, 6.07) is 9.74. The lowest BCUT2D eigenvalue weighted by Gasteiger charge is -2.63. The molecular weight excluding hydrogens is 448 g/mol. The van der Waals surface area contributed by atoms with E-state index in [1.165, 1.54) is 0 Å². The molecule has 3 fully saturated rings. The molecule has 0 aromatic heterocycles. The van der Waals surface area contributed by atoms with Crippen LogP contribution in [-0.4, -0.2) is 64.0 Å². The van der Waals surface area contributed by atoms with Crippen LogP contribution in [0, 0.1) is 23.7 Å². The third-order valence-electron chi connectivity index (χ3n) is 8.31. The van der Waals surface area contributed by atoms with E-state index in [4.69, 9.17) is 23.4 Å². The van der Waals surface area contributed by atoms with E-state index in [0.29, 0.717) is 39.1 Å². The molecule has 1 spiro atoms. The van der Waals surface area contributed by atoms with Gasteiger partial charge in [0.15, 0.2) is 14.1 Å². The van der Waals surface area contributed by atoms with Crippen molar-refractivity contribution in [3.05, 3.63) is 30.3 Å². The van der Waals surface area contributed by atoms with Gasteiger partial charge in [0.2, 0.25) is 0 Å². The quantitative estimate of drug-likeness (QED) is 0.474. The molecular formula is C27H40O6Si. The van der Waals surface area contributed by atoms with Crippen LogP contribution in [0.15, 0.2) is 30.3 Å². The first-order chi connectivity index (χ1) is 16.0. The van der Waals surface area contributed by atoms with Crippen LogP contribution in [0.4, 0.5) is 0 Å². The molecule has 3 aliphatic rings. The molecule has 6 nitrogen and oxygen atoms in total. The first-order valence-electron chi connectivity index (χ1n) is 12.4. The number of methoxy groups -OCH3 is 1. The van der Waals surface area contributed by atoms with Crippen molar-refractivity contribution in [1.29, 1.82) is 0 Å². The summed E-state index contributed by atoms with van der Waals surface area (Å²) in [7, 11) is -0.364. The average Bonchev–Trinajstić information content (AvgIpc) is 3.29. The van der Waals surface area contributed by atoms with Crippen LogP contribution in [0.1, 0.15) is 40.0 Å². The Hall–Kier alpha value is -1.40. The number of hydrogen-bond donors (Lipinski definition) is 1. The zero-order chi connectivity index (χ0) is 24.6. The molecule has 0 bridgehead atoms. The molecule has 34 heavy (non-hydrogen) atoms. The number of hydrogen-bond acceptors (Lipinski definition) is 6. The highest BCUT2D eigenvalue weighted by Crippen LogP contribution is 2.62. The highest BCUT2D eigenvalue weighted by molar-refractivity contribution is 6.74. The zero-order valence-electron chi connectivity index (χ0n) is 21.4. The van der Waals surface area contributed by atoms with Crippen molar-refractivity contribution in [2.45, 2.75) is 81.8 Å². The summed E-state index contributed by atoms with van der Waals surface area (Å²) >= 11 is 0. The van der Waals surface area contributed by atoms with E-state index in [0.717, 1.165) is 5.75 Å². The standard InChI is InChI=1S/C27H40O6Si/c1-25(2,3)34(5,6)33-21(19-30-20-10-8-7-9-11-20)12-13-22-23-18-27(31-16-17-32-27)26(23,29-4)15-14-24(22)28/h7-11,21-24,28H,14-19H2,1-6H3/t21-,22-,23-,24-,26-/m0/s1. The Labute approximate surface area is 205 Å². The molecule has 5 atom stereocenters. The Morgan fingerprint density at radius 1 is 1.18 bits per heavy atom. The van der Waals surface area contributed by atoms with E-state index in [-0.39, 0.29) is 23.0 Å². The Morgan fingerprint density at radius 3 is 2.47 bits per heavy atom. The minimum Gasteiger partial charge on any atom is -0.490 e. The fourth-order valence-electron chi connectivity index (χ4n) is 5.32. The second-order valence-electron chi connectivity index (χ2n) is 11.3. The number of fused-ring (bicyclic) bond motifs is 2. The molecule has 1 aromatic rings. The van der Waals surface area contributed by atoms with Gasteiger partial charge in [-0.05, 0) is 43.1 Å². The third-order valence-corrected chi connectivity index (χ3v) is 12.8. The molecule has 188 valence electrons. The number of benzene rings is 1. The predicted octanol–water partition coefficient (Wildman–Crippen LogP) is 4.38. The van der Waals surface area contributed by atoms with Gasteiger partial charge in [-0.2, -0.15) is 0 Å². The third kappa shape index (κ3) is 4.57. The summed E-state index contributed by atoms with van der Waals surface area (Å²) in [5.74, 6) is 6.69.